The van der Waals surface area contributed by atoms with E-state index in [0.29, 0.717) is 17.4 Å². The third-order valence-electron chi connectivity index (χ3n) is 15.8. The van der Waals surface area contributed by atoms with Crippen molar-refractivity contribution in [3.63, 3.8) is 0 Å². The second-order valence-corrected chi connectivity index (χ2v) is 25.2. The number of carboxylic acid groups (broad SMARTS) is 1. The minimum Gasteiger partial charge on any atom is -0.477 e. The lowest BCUT2D eigenvalue weighted by Crippen LogP contribution is -2.40. The number of likely N-dealkylation sites (N-methyl/N-ethyl adjacent to an activating group) is 1. The number of aliphatic carboxylic acids is 1. The molecule has 0 spiro atoms. The molecule has 0 aromatic rings. The van der Waals surface area contributed by atoms with Crippen molar-refractivity contribution < 1.29 is 42.9 Å². The van der Waals surface area contributed by atoms with Crippen LogP contribution in [-0.2, 0) is 33.3 Å². The Hall–Kier alpha value is -2.75. The van der Waals surface area contributed by atoms with Gasteiger partial charge >= 0.3 is 17.9 Å². The van der Waals surface area contributed by atoms with Crippen LogP contribution < -0.4 is 0 Å². The Bertz CT molecular complexity index is 1480. The van der Waals surface area contributed by atoms with Crippen molar-refractivity contribution in [2.75, 3.05) is 47.5 Å². The van der Waals surface area contributed by atoms with E-state index in [-0.39, 0.29) is 38.2 Å². The van der Waals surface area contributed by atoms with E-state index in [4.69, 9.17) is 18.9 Å². The van der Waals surface area contributed by atoms with E-state index in [1.54, 1.807) is 0 Å². The highest BCUT2D eigenvalue weighted by Gasteiger charge is 2.25. The van der Waals surface area contributed by atoms with Crippen LogP contribution in [0.5, 0.6) is 0 Å². The second kappa shape index (κ2) is 64.3. The molecule has 0 radical (unpaired) electrons. The molecule has 1 N–H and O–H groups in total. The first-order valence-corrected chi connectivity index (χ1v) is 35.3. The Morgan fingerprint density at radius 1 is 0.366 bits per heavy atom. The summed E-state index contributed by atoms with van der Waals surface area (Å²) in [5.41, 5.74) is 0. The Morgan fingerprint density at radius 3 is 0.988 bits per heavy atom. The maximum absolute atomic E-state index is 12.9. The number of hydrogen-bond donors (Lipinski definition) is 1. The van der Waals surface area contributed by atoms with E-state index >= 15 is 0 Å². The van der Waals surface area contributed by atoms with Crippen LogP contribution in [0.3, 0.4) is 0 Å². The van der Waals surface area contributed by atoms with E-state index in [1.807, 2.05) is 21.1 Å². The summed E-state index contributed by atoms with van der Waals surface area (Å²) in [4.78, 5) is 37.5. The molecule has 9 nitrogen and oxygen atoms in total. The smallest absolute Gasteiger partial charge is 0.361 e. The SMILES string of the molecule is CCCCCCC/C=C\C/C=C\C/C=C\CCCCCCCCCCCCCCCCCCCCCCCCCCC(=O)OC(COC(=O)CCCCCCCCC/C=C\CCCCCCCCC)COC(OCC[N+](C)(C)C)C(=O)O. The largest absolute Gasteiger partial charge is 0.477 e. The molecule has 0 rings (SSSR count). The quantitative estimate of drug-likeness (QED) is 0.0211. The summed E-state index contributed by atoms with van der Waals surface area (Å²) in [5.74, 6) is -1.99. The van der Waals surface area contributed by atoms with Crippen LogP contribution in [0, 0.1) is 0 Å². The molecule has 0 aliphatic rings. The van der Waals surface area contributed by atoms with E-state index < -0.39 is 18.4 Å². The van der Waals surface area contributed by atoms with Crippen LogP contribution in [-0.4, -0.2) is 87.4 Å². The van der Waals surface area contributed by atoms with Crippen LogP contribution in [0.25, 0.3) is 0 Å². The molecule has 82 heavy (non-hydrogen) atoms. The third-order valence-corrected chi connectivity index (χ3v) is 15.8. The summed E-state index contributed by atoms with van der Waals surface area (Å²) in [6.45, 7) is 4.91. The molecule has 9 heteroatoms. The zero-order valence-corrected chi connectivity index (χ0v) is 54.9. The van der Waals surface area contributed by atoms with Gasteiger partial charge in [0.2, 0.25) is 0 Å². The van der Waals surface area contributed by atoms with Crippen LogP contribution in [0.1, 0.15) is 341 Å². The van der Waals surface area contributed by atoms with Crippen LogP contribution in [0.15, 0.2) is 48.6 Å². The molecule has 0 aliphatic heterocycles. The van der Waals surface area contributed by atoms with E-state index in [2.05, 4.69) is 62.5 Å². The van der Waals surface area contributed by atoms with Gasteiger partial charge in [0.25, 0.3) is 6.29 Å². The van der Waals surface area contributed by atoms with Gasteiger partial charge in [-0.3, -0.25) is 9.59 Å². The number of carboxylic acids is 1. The summed E-state index contributed by atoms with van der Waals surface area (Å²) < 4.78 is 23.0. The molecule has 480 valence electrons. The normalized spacial score (nSPS) is 12.9. The summed E-state index contributed by atoms with van der Waals surface area (Å²) in [6, 6.07) is 0. The lowest BCUT2D eigenvalue weighted by molar-refractivity contribution is -0.870. The Morgan fingerprint density at radius 2 is 0.659 bits per heavy atom. The first-order chi connectivity index (χ1) is 40.1. The maximum atomic E-state index is 12.9. The van der Waals surface area contributed by atoms with Crippen LogP contribution in [0.4, 0.5) is 0 Å². The lowest BCUT2D eigenvalue weighted by Gasteiger charge is -2.25. The van der Waals surface area contributed by atoms with E-state index in [1.165, 1.54) is 263 Å². The van der Waals surface area contributed by atoms with Gasteiger partial charge in [0, 0.05) is 12.8 Å². The molecule has 0 saturated carbocycles. The van der Waals surface area contributed by atoms with Gasteiger partial charge in [-0.25, -0.2) is 4.79 Å². The van der Waals surface area contributed by atoms with E-state index in [0.717, 1.165) is 51.4 Å². The summed E-state index contributed by atoms with van der Waals surface area (Å²) >= 11 is 0. The number of rotatable bonds is 66. The molecular weight excluding hydrogens is 1020 g/mol. The molecule has 2 unspecified atom stereocenters. The fourth-order valence-corrected chi connectivity index (χ4v) is 10.4. The van der Waals surface area contributed by atoms with Crippen molar-refractivity contribution in [1.29, 1.82) is 0 Å². The first kappa shape index (κ1) is 79.2. The van der Waals surface area contributed by atoms with Gasteiger partial charge < -0.3 is 28.5 Å². The van der Waals surface area contributed by atoms with Gasteiger partial charge in [-0.15, -0.1) is 0 Å². The predicted molar refractivity (Wildman–Crippen MR) is 350 cm³/mol. The molecule has 0 saturated heterocycles. The second-order valence-electron chi connectivity index (χ2n) is 25.2. The van der Waals surface area contributed by atoms with Gasteiger partial charge in [0.05, 0.1) is 34.4 Å². The minimum atomic E-state index is -1.51. The topological polar surface area (TPSA) is 108 Å². The average molecular weight is 1160 g/mol. The van der Waals surface area contributed by atoms with Gasteiger partial charge in [-0.2, -0.15) is 0 Å². The minimum absolute atomic E-state index is 0.180. The van der Waals surface area contributed by atoms with Crippen LogP contribution >= 0.6 is 0 Å². The van der Waals surface area contributed by atoms with Crippen molar-refractivity contribution in [3.05, 3.63) is 48.6 Å². The van der Waals surface area contributed by atoms with Gasteiger partial charge in [0.1, 0.15) is 13.2 Å². The lowest BCUT2D eigenvalue weighted by atomic mass is 10.0. The molecule has 0 heterocycles. The molecule has 0 aromatic heterocycles. The zero-order chi connectivity index (χ0) is 59.8. The van der Waals surface area contributed by atoms with Crippen molar-refractivity contribution in [1.82, 2.24) is 0 Å². The number of hydrogen-bond acceptors (Lipinski definition) is 7. The standard InChI is InChI=1S/C73H135NO8/c1-6-8-10-12-14-16-18-20-22-24-26-27-28-29-30-31-32-33-34-35-36-37-38-39-40-41-42-43-44-45-46-48-50-52-54-56-58-60-62-64-71(76)82-69(68-81-73(72(77)78)79-66-65-74(3,4)5)67-80-70(75)63-61-59-57-55-53-51-49-47-25-23-21-19-17-15-13-11-9-7-2/h18,20,23-26,28-29,69,73H,6-17,19,21-22,27,30-68H2,1-5H3/p+1/b20-18-,25-23-,26-24-,29-28-. The number of allylic oxidation sites excluding steroid dienone is 8. The first-order valence-electron chi connectivity index (χ1n) is 35.3. The van der Waals surface area contributed by atoms with Gasteiger partial charge in [-0.1, -0.05) is 300 Å². The molecule has 0 amide bonds. The van der Waals surface area contributed by atoms with E-state index in [9.17, 15) is 19.5 Å². The Labute approximate surface area is 508 Å². The number of esters is 2. The summed E-state index contributed by atoms with van der Waals surface area (Å²) in [7, 11) is 5.98. The number of quaternary nitrogens is 1. The number of carbonyl (C=O) groups is 3. The molecule has 0 aliphatic carbocycles. The highest BCUT2D eigenvalue weighted by Crippen LogP contribution is 2.18. The molecule has 0 bridgehead atoms. The maximum Gasteiger partial charge on any atom is 0.361 e. The fourth-order valence-electron chi connectivity index (χ4n) is 10.4. The summed E-state index contributed by atoms with van der Waals surface area (Å²) in [5, 5.41) is 9.73. The Balaban J connectivity index is 3.97. The predicted octanol–water partition coefficient (Wildman–Crippen LogP) is 21.8. The van der Waals surface area contributed by atoms with Gasteiger partial charge in [0.15, 0.2) is 6.10 Å². The fraction of sp³-hybridized carbons (Fsp3) is 0.849. The molecule has 0 aromatic carbocycles. The Kier molecular flexibility index (Phi) is 62.1. The number of carbonyl (C=O) groups excluding carboxylic acids is 2. The van der Waals surface area contributed by atoms with Crippen LogP contribution in [0.2, 0.25) is 0 Å². The number of ether oxygens (including phenoxy) is 4. The van der Waals surface area contributed by atoms with Crippen molar-refractivity contribution in [2.45, 2.75) is 354 Å². The third kappa shape index (κ3) is 64.8. The van der Waals surface area contributed by atoms with Gasteiger partial charge in [-0.05, 0) is 77.0 Å². The highest BCUT2D eigenvalue weighted by molar-refractivity contribution is 5.71. The highest BCUT2D eigenvalue weighted by atomic mass is 16.7. The summed E-state index contributed by atoms with van der Waals surface area (Å²) in [6.07, 6.45) is 79.5. The number of unbranched alkanes of at least 4 members (excludes halogenated alkanes) is 43. The molecular formula is C73H136NO8+. The average Bonchev–Trinajstić information content (AvgIpc) is 3.45. The van der Waals surface area contributed by atoms with Crippen molar-refractivity contribution in [2.24, 2.45) is 0 Å². The zero-order valence-electron chi connectivity index (χ0n) is 54.9. The van der Waals surface area contributed by atoms with Crippen molar-refractivity contribution in [3.8, 4) is 0 Å². The number of nitrogens with zero attached hydrogens (tertiary/aromatic N) is 1. The monoisotopic (exact) mass is 1160 g/mol. The molecule has 0 fully saturated rings. The van der Waals surface area contributed by atoms with Crippen molar-refractivity contribution >= 4 is 17.9 Å². The molecule has 2 atom stereocenters.